The van der Waals surface area contributed by atoms with E-state index in [0.29, 0.717) is 19.4 Å². The number of carbonyl (C=O) groups excluding carboxylic acids is 1. The van der Waals surface area contributed by atoms with Crippen LogP contribution in [0.15, 0.2) is 35.4 Å². The number of furan rings is 1. The molecule has 24 heavy (non-hydrogen) atoms. The lowest BCUT2D eigenvalue weighted by Gasteiger charge is -2.35. The van der Waals surface area contributed by atoms with E-state index in [9.17, 15) is 13.2 Å². The van der Waals surface area contributed by atoms with Crippen molar-refractivity contribution in [2.75, 3.05) is 18.1 Å². The van der Waals surface area contributed by atoms with Crippen LogP contribution in [-0.4, -0.2) is 47.1 Å². The third-order valence-electron chi connectivity index (χ3n) is 4.32. The Morgan fingerprint density at radius 3 is 2.96 bits per heavy atom. The molecule has 1 aliphatic heterocycles. The highest BCUT2D eigenvalue weighted by Crippen LogP contribution is 2.27. The van der Waals surface area contributed by atoms with E-state index in [1.165, 1.54) is 0 Å². The van der Waals surface area contributed by atoms with E-state index in [-0.39, 0.29) is 24.0 Å². The number of aromatic nitrogens is 2. The van der Waals surface area contributed by atoms with E-state index in [2.05, 4.69) is 5.10 Å². The molecule has 3 heterocycles. The Hall–Kier alpha value is -2.09. The van der Waals surface area contributed by atoms with Gasteiger partial charge < -0.3 is 9.32 Å². The summed E-state index contributed by atoms with van der Waals surface area (Å²) in [6, 6.07) is 1.37. The molecule has 130 valence electrons. The number of hydrogen-bond donors (Lipinski definition) is 0. The number of amides is 1. The van der Waals surface area contributed by atoms with Gasteiger partial charge in [0, 0.05) is 31.3 Å². The van der Waals surface area contributed by atoms with E-state index in [1.54, 1.807) is 28.3 Å². The van der Waals surface area contributed by atoms with Gasteiger partial charge in [0.1, 0.15) is 0 Å². The number of nitrogens with zero attached hydrogens (tertiary/aromatic N) is 3. The fraction of sp³-hybridized carbons (Fsp3) is 0.500. The first kappa shape index (κ1) is 16.8. The molecule has 0 aromatic carbocycles. The lowest BCUT2D eigenvalue weighted by Crippen LogP contribution is -2.46. The summed E-state index contributed by atoms with van der Waals surface area (Å²) >= 11 is 0. The minimum atomic E-state index is -3.15. The summed E-state index contributed by atoms with van der Waals surface area (Å²) in [5.41, 5.74) is 1.74. The summed E-state index contributed by atoms with van der Waals surface area (Å²) < 4.78 is 30.8. The van der Waals surface area contributed by atoms with Crippen molar-refractivity contribution in [1.29, 1.82) is 0 Å². The summed E-state index contributed by atoms with van der Waals surface area (Å²) in [4.78, 5) is 14.3. The highest BCUT2D eigenvalue weighted by atomic mass is 32.2. The van der Waals surface area contributed by atoms with Crippen LogP contribution in [0.4, 0.5) is 0 Å². The van der Waals surface area contributed by atoms with Crippen LogP contribution in [0.2, 0.25) is 0 Å². The Kier molecular flexibility index (Phi) is 4.75. The SMILES string of the molecule is CCn1cc([C@H]2CS(=O)(=O)CCN2C(=O)CCc2ccoc2)cn1. The van der Waals surface area contributed by atoms with Gasteiger partial charge in [0.05, 0.1) is 36.3 Å². The zero-order valence-corrected chi connectivity index (χ0v) is 14.4. The topological polar surface area (TPSA) is 85.4 Å². The molecule has 0 spiro atoms. The largest absolute Gasteiger partial charge is 0.472 e. The molecule has 1 fully saturated rings. The maximum Gasteiger partial charge on any atom is 0.223 e. The second kappa shape index (κ2) is 6.80. The van der Waals surface area contributed by atoms with Gasteiger partial charge in [-0.05, 0) is 25.0 Å². The maximum atomic E-state index is 12.6. The molecule has 1 aliphatic rings. The van der Waals surface area contributed by atoms with Crippen molar-refractivity contribution in [3.63, 3.8) is 0 Å². The van der Waals surface area contributed by atoms with Gasteiger partial charge in [0.2, 0.25) is 5.91 Å². The molecule has 0 radical (unpaired) electrons. The van der Waals surface area contributed by atoms with Gasteiger partial charge in [-0.2, -0.15) is 5.10 Å². The fourth-order valence-corrected chi connectivity index (χ4v) is 4.43. The molecule has 0 aliphatic carbocycles. The number of carbonyl (C=O) groups is 1. The molecule has 1 amide bonds. The molecule has 2 aromatic rings. The van der Waals surface area contributed by atoms with Crippen molar-refractivity contribution in [3.05, 3.63) is 42.1 Å². The Labute approximate surface area is 141 Å². The second-order valence-corrected chi connectivity index (χ2v) is 8.21. The van der Waals surface area contributed by atoms with Crippen LogP contribution in [0.5, 0.6) is 0 Å². The summed E-state index contributed by atoms with van der Waals surface area (Å²) in [5.74, 6) is -0.0664. The first-order chi connectivity index (χ1) is 11.5. The monoisotopic (exact) mass is 351 g/mol. The van der Waals surface area contributed by atoms with E-state index in [0.717, 1.165) is 11.1 Å². The molecule has 0 N–H and O–H groups in total. The third kappa shape index (κ3) is 3.69. The minimum Gasteiger partial charge on any atom is -0.472 e. The number of hydrogen-bond acceptors (Lipinski definition) is 5. The number of aryl methyl sites for hydroxylation is 2. The van der Waals surface area contributed by atoms with Gasteiger partial charge in [0.25, 0.3) is 0 Å². The molecular weight excluding hydrogens is 330 g/mol. The Balaban J connectivity index is 1.76. The lowest BCUT2D eigenvalue weighted by atomic mass is 10.1. The highest BCUT2D eigenvalue weighted by molar-refractivity contribution is 7.91. The standard InChI is InChI=1S/C16H21N3O4S/c1-2-18-10-14(9-17-18)15-12-24(21,22)8-6-19(15)16(20)4-3-13-5-7-23-11-13/h5,7,9-11,15H,2-4,6,8,12H2,1H3/t15-/m1/s1. The summed E-state index contributed by atoms with van der Waals surface area (Å²) in [6.07, 6.45) is 7.59. The van der Waals surface area contributed by atoms with Gasteiger partial charge in [-0.15, -0.1) is 0 Å². The van der Waals surface area contributed by atoms with Gasteiger partial charge in [-0.1, -0.05) is 0 Å². The third-order valence-corrected chi connectivity index (χ3v) is 5.95. The molecule has 2 aromatic heterocycles. The molecule has 8 heteroatoms. The van der Waals surface area contributed by atoms with Crippen molar-refractivity contribution >= 4 is 15.7 Å². The Morgan fingerprint density at radius 2 is 2.29 bits per heavy atom. The highest BCUT2D eigenvalue weighted by Gasteiger charge is 2.35. The first-order valence-electron chi connectivity index (χ1n) is 8.02. The summed E-state index contributed by atoms with van der Waals surface area (Å²) in [6.45, 7) is 2.89. The zero-order chi connectivity index (χ0) is 17.2. The van der Waals surface area contributed by atoms with Crippen molar-refractivity contribution in [2.45, 2.75) is 32.4 Å². The lowest BCUT2D eigenvalue weighted by molar-refractivity contribution is -0.133. The molecule has 0 bridgehead atoms. The smallest absolute Gasteiger partial charge is 0.223 e. The molecule has 1 atom stereocenters. The summed E-state index contributed by atoms with van der Waals surface area (Å²) in [7, 11) is -3.15. The predicted octanol–water partition coefficient (Wildman–Crippen LogP) is 1.43. The molecule has 1 saturated heterocycles. The molecule has 0 saturated carbocycles. The van der Waals surface area contributed by atoms with Gasteiger partial charge in [-0.3, -0.25) is 9.48 Å². The van der Waals surface area contributed by atoms with Crippen molar-refractivity contribution in [2.24, 2.45) is 0 Å². The van der Waals surface area contributed by atoms with Crippen LogP contribution in [0.3, 0.4) is 0 Å². The van der Waals surface area contributed by atoms with Crippen LogP contribution >= 0.6 is 0 Å². The predicted molar refractivity (Wildman–Crippen MR) is 88.0 cm³/mol. The molecule has 7 nitrogen and oxygen atoms in total. The van der Waals surface area contributed by atoms with Crippen LogP contribution in [-0.2, 0) is 27.6 Å². The molecular formula is C16H21N3O4S. The van der Waals surface area contributed by atoms with Crippen LogP contribution in [0, 0.1) is 0 Å². The first-order valence-corrected chi connectivity index (χ1v) is 9.84. The van der Waals surface area contributed by atoms with Crippen molar-refractivity contribution in [1.82, 2.24) is 14.7 Å². The van der Waals surface area contributed by atoms with E-state index < -0.39 is 15.9 Å². The second-order valence-electron chi connectivity index (χ2n) is 5.98. The van der Waals surface area contributed by atoms with Crippen molar-refractivity contribution in [3.8, 4) is 0 Å². The molecule has 3 rings (SSSR count). The zero-order valence-electron chi connectivity index (χ0n) is 13.6. The Bertz CT molecular complexity index is 795. The van der Waals surface area contributed by atoms with Gasteiger partial charge in [0.15, 0.2) is 9.84 Å². The fourth-order valence-electron chi connectivity index (χ4n) is 2.94. The van der Waals surface area contributed by atoms with Crippen LogP contribution in [0.25, 0.3) is 0 Å². The van der Waals surface area contributed by atoms with Crippen molar-refractivity contribution < 1.29 is 17.6 Å². The average Bonchev–Trinajstić information content (AvgIpc) is 3.23. The van der Waals surface area contributed by atoms with Gasteiger partial charge >= 0.3 is 0 Å². The van der Waals surface area contributed by atoms with E-state index in [4.69, 9.17) is 4.42 Å². The van der Waals surface area contributed by atoms with E-state index >= 15 is 0 Å². The minimum absolute atomic E-state index is 0.0167. The number of rotatable bonds is 5. The summed E-state index contributed by atoms with van der Waals surface area (Å²) in [5, 5.41) is 4.21. The number of sulfone groups is 1. The average molecular weight is 351 g/mol. The normalized spacial score (nSPS) is 20.2. The quantitative estimate of drug-likeness (QED) is 0.813. The van der Waals surface area contributed by atoms with Crippen LogP contribution < -0.4 is 0 Å². The van der Waals surface area contributed by atoms with E-state index in [1.807, 2.05) is 19.2 Å². The van der Waals surface area contributed by atoms with Gasteiger partial charge in [-0.25, -0.2) is 8.42 Å². The van der Waals surface area contributed by atoms with Crippen LogP contribution in [0.1, 0.15) is 30.5 Å². The molecule has 0 unspecified atom stereocenters. The Morgan fingerprint density at radius 1 is 1.46 bits per heavy atom. The maximum absolute atomic E-state index is 12.6.